The first-order valence-electron chi connectivity index (χ1n) is 8.82. The topological polar surface area (TPSA) is 35.6 Å². The second kappa shape index (κ2) is 8.49. The Labute approximate surface area is 156 Å². The molecule has 0 spiro atoms. The summed E-state index contributed by atoms with van der Waals surface area (Å²) >= 11 is 1.64. The van der Waals surface area contributed by atoms with E-state index in [1.807, 2.05) is 29.3 Å². The zero-order valence-corrected chi connectivity index (χ0v) is 15.6. The third-order valence-electron chi connectivity index (χ3n) is 4.69. The van der Waals surface area contributed by atoms with E-state index in [4.69, 9.17) is 0 Å². The molecule has 3 rings (SSSR count). The van der Waals surface area contributed by atoms with Crippen molar-refractivity contribution < 1.29 is 13.6 Å². The van der Waals surface area contributed by atoms with Gasteiger partial charge in [0.25, 0.3) is 0 Å². The number of nitrogens with zero attached hydrogens (tertiary/aromatic N) is 2. The van der Waals surface area contributed by atoms with Gasteiger partial charge >= 0.3 is 6.03 Å². The maximum atomic E-state index is 13.4. The molecule has 1 aliphatic rings. The highest BCUT2D eigenvalue weighted by Crippen LogP contribution is 2.25. The lowest BCUT2D eigenvalue weighted by Gasteiger charge is -2.22. The highest BCUT2D eigenvalue weighted by molar-refractivity contribution is 7.09. The Kier molecular flexibility index (Phi) is 6.08. The van der Waals surface area contributed by atoms with E-state index in [1.54, 1.807) is 22.3 Å². The summed E-state index contributed by atoms with van der Waals surface area (Å²) in [4.78, 5) is 17.4. The second-order valence-corrected chi connectivity index (χ2v) is 7.51. The summed E-state index contributed by atoms with van der Waals surface area (Å²) < 4.78 is 26.5. The lowest BCUT2D eigenvalue weighted by molar-refractivity contribution is 0.197. The summed E-state index contributed by atoms with van der Waals surface area (Å²) in [7, 11) is 0. The minimum atomic E-state index is -0.831. The average molecular weight is 379 g/mol. The van der Waals surface area contributed by atoms with Crippen molar-refractivity contribution in [3.05, 3.63) is 52.2 Å². The van der Waals surface area contributed by atoms with Crippen LogP contribution in [0.25, 0.3) is 0 Å². The van der Waals surface area contributed by atoms with Crippen molar-refractivity contribution in [1.29, 1.82) is 0 Å². The van der Waals surface area contributed by atoms with Gasteiger partial charge in [0.15, 0.2) is 11.6 Å². The van der Waals surface area contributed by atoms with Crippen molar-refractivity contribution in [3.8, 4) is 0 Å². The highest BCUT2D eigenvalue weighted by Gasteiger charge is 2.24. The number of hydrogen-bond acceptors (Lipinski definition) is 3. The van der Waals surface area contributed by atoms with Gasteiger partial charge in [0.1, 0.15) is 0 Å². The molecular weight excluding hydrogens is 356 g/mol. The number of carbonyl (C=O) groups excluding carboxylic acids is 1. The van der Waals surface area contributed by atoms with Crippen molar-refractivity contribution >= 4 is 23.1 Å². The maximum absolute atomic E-state index is 13.4. The number of amides is 2. The summed E-state index contributed by atoms with van der Waals surface area (Å²) in [5.74, 6) is -1.36. The Morgan fingerprint density at radius 3 is 2.88 bits per heavy atom. The monoisotopic (exact) mass is 379 g/mol. The van der Waals surface area contributed by atoms with Crippen LogP contribution in [-0.4, -0.2) is 37.1 Å². The van der Waals surface area contributed by atoms with E-state index in [2.05, 4.69) is 5.32 Å². The minimum absolute atomic E-state index is 0.0628. The third kappa shape index (κ3) is 4.52. The molecule has 1 N–H and O–H groups in total. The van der Waals surface area contributed by atoms with Crippen LogP contribution in [0.1, 0.15) is 18.2 Å². The molecule has 26 heavy (non-hydrogen) atoms. The zero-order chi connectivity index (χ0) is 18.5. The molecule has 7 heteroatoms. The SMILES string of the molecule is CCN(Cc1cccs1)C(=O)NCC1CCN(c2ccc(F)c(F)c2)C1. The number of hydrogen-bond donors (Lipinski definition) is 1. The summed E-state index contributed by atoms with van der Waals surface area (Å²) in [6.45, 7) is 5.31. The van der Waals surface area contributed by atoms with Gasteiger partial charge in [0, 0.05) is 42.8 Å². The van der Waals surface area contributed by atoms with E-state index in [1.165, 1.54) is 6.07 Å². The molecule has 1 unspecified atom stereocenters. The van der Waals surface area contributed by atoms with Gasteiger partial charge in [-0.3, -0.25) is 0 Å². The molecule has 0 bridgehead atoms. The Morgan fingerprint density at radius 2 is 2.19 bits per heavy atom. The smallest absolute Gasteiger partial charge is 0.317 e. The van der Waals surface area contributed by atoms with Gasteiger partial charge in [-0.25, -0.2) is 13.6 Å². The van der Waals surface area contributed by atoms with Crippen molar-refractivity contribution in [2.24, 2.45) is 5.92 Å². The van der Waals surface area contributed by atoms with Gasteiger partial charge < -0.3 is 15.1 Å². The second-order valence-electron chi connectivity index (χ2n) is 6.48. The standard InChI is InChI=1S/C19H23F2N3OS/c1-2-23(13-16-4-3-9-26-16)19(25)22-11-14-7-8-24(12-14)15-5-6-17(20)18(21)10-15/h3-6,9-10,14H,2,7-8,11-13H2,1H3,(H,22,25). The first kappa shape index (κ1) is 18.6. The number of rotatable bonds is 6. The molecule has 4 nitrogen and oxygen atoms in total. The average Bonchev–Trinajstić information content (AvgIpc) is 3.31. The first-order valence-corrected chi connectivity index (χ1v) is 9.70. The number of urea groups is 1. The summed E-state index contributed by atoms with van der Waals surface area (Å²) in [5, 5.41) is 5.02. The van der Waals surface area contributed by atoms with Gasteiger partial charge in [-0.15, -0.1) is 11.3 Å². The number of nitrogens with one attached hydrogen (secondary N) is 1. The van der Waals surface area contributed by atoms with E-state index in [-0.39, 0.29) is 6.03 Å². The van der Waals surface area contributed by atoms with Crippen molar-refractivity contribution in [3.63, 3.8) is 0 Å². The van der Waals surface area contributed by atoms with Crippen molar-refractivity contribution in [2.45, 2.75) is 19.9 Å². The number of thiophene rings is 1. The van der Waals surface area contributed by atoms with E-state index >= 15 is 0 Å². The van der Waals surface area contributed by atoms with Crippen LogP contribution in [0.3, 0.4) is 0 Å². The normalized spacial score (nSPS) is 16.7. The van der Waals surface area contributed by atoms with E-state index in [0.717, 1.165) is 30.5 Å². The predicted molar refractivity (Wildman–Crippen MR) is 100 cm³/mol. The molecule has 1 aromatic heterocycles. The molecular formula is C19H23F2N3OS. The summed E-state index contributed by atoms with van der Waals surface area (Å²) in [6.07, 6.45) is 0.913. The van der Waals surface area contributed by atoms with Crippen molar-refractivity contribution in [1.82, 2.24) is 10.2 Å². The third-order valence-corrected chi connectivity index (χ3v) is 5.55. The molecule has 2 heterocycles. The molecule has 1 saturated heterocycles. The first-order chi connectivity index (χ1) is 12.6. The molecule has 2 aromatic rings. The van der Waals surface area contributed by atoms with Crippen LogP contribution in [0.15, 0.2) is 35.7 Å². The zero-order valence-electron chi connectivity index (χ0n) is 14.8. The van der Waals surface area contributed by atoms with Crippen LogP contribution in [0.4, 0.5) is 19.3 Å². The molecule has 1 fully saturated rings. The van der Waals surface area contributed by atoms with Crippen LogP contribution in [0, 0.1) is 17.6 Å². The molecule has 1 aromatic carbocycles. The molecule has 1 atom stereocenters. The van der Waals surface area contributed by atoms with Crippen LogP contribution in [0.5, 0.6) is 0 Å². The summed E-state index contributed by atoms with van der Waals surface area (Å²) in [5.41, 5.74) is 0.686. The fourth-order valence-electron chi connectivity index (χ4n) is 3.18. The molecule has 0 radical (unpaired) electrons. The fourth-order valence-corrected chi connectivity index (χ4v) is 3.90. The summed E-state index contributed by atoms with van der Waals surface area (Å²) in [6, 6.07) is 7.93. The highest BCUT2D eigenvalue weighted by atomic mass is 32.1. The lowest BCUT2D eigenvalue weighted by Crippen LogP contribution is -2.41. The number of halogens is 2. The van der Waals surface area contributed by atoms with Crippen molar-refractivity contribution in [2.75, 3.05) is 31.1 Å². The van der Waals surface area contributed by atoms with Gasteiger partial charge in [-0.2, -0.15) is 0 Å². The molecule has 140 valence electrons. The quantitative estimate of drug-likeness (QED) is 0.821. The molecule has 0 saturated carbocycles. The Balaban J connectivity index is 1.49. The Bertz CT molecular complexity index is 738. The van der Waals surface area contributed by atoms with Gasteiger partial charge in [-0.1, -0.05) is 6.07 Å². The van der Waals surface area contributed by atoms with E-state index < -0.39 is 11.6 Å². The van der Waals surface area contributed by atoms with Crippen LogP contribution >= 0.6 is 11.3 Å². The largest absolute Gasteiger partial charge is 0.371 e. The molecule has 2 amide bonds. The van der Waals surface area contributed by atoms with Gasteiger partial charge in [-0.05, 0) is 42.8 Å². The van der Waals surface area contributed by atoms with E-state index in [0.29, 0.717) is 31.2 Å². The van der Waals surface area contributed by atoms with Gasteiger partial charge in [0.2, 0.25) is 0 Å². The lowest BCUT2D eigenvalue weighted by atomic mass is 10.1. The number of anilines is 1. The maximum Gasteiger partial charge on any atom is 0.317 e. The van der Waals surface area contributed by atoms with E-state index in [9.17, 15) is 13.6 Å². The number of carbonyl (C=O) groups is 1. The fraction of sp³-hybridized carbons (Fsp3) is 0.421. The molecule has 1 aliphatic heterocycles. The Hall–Kier alpha value is -2.15. The van der Waals surface area contributed by atoms with Gasteiger partial charge in [0.05, 0.1) is 6.54 Å². The predicted octanol–water partition coefficient (Wildman–Crippen LogP) is 4.08. The van der Waals surface area contributed by atoms with Crippen LogP contribution in [-0.2, 0) is 6.54 Å². The minimum Gasteiger partial charge on any atom is -0.371 e. The van der Waals surface area contributed by atoms with Crippen LogP contribution in [0.2, 0.25) is 0 Å². The molecule has 0 aliphatic carbocycles. The number of benzene rings is 1. The van der Waals surface area contributed by atoms with Crippen LogP contribution < -0.4 is 10.2 Å². The Morgan fingerprint density at radius 1 is 1.35 bits per heavy atom.